The molecule has 1 saturated heterocycles. The zero-order chi connectivity index (χ0) is 17.1. The lowest BCUT2D eigenvalue weighted by Crippen LogP contribution is -2.41. The third-order valence-corrected chi connectivity index (χ3v) is 4.39. The Morgan fingerprint density at radius 1 is 1.12 bits per heavy atom. The first-order valence-corrected chi connectivity index (χ1v) is 8.99. The lowest BCUT2D eigenvalue weighted by atomic mass is 10.1. The maximum absolute atomic E-state index is 12.2. The second-order valence-corrected chi connectivity index (χ2v) is 6.01. The Balaban J connectivity index is 0.00000529. The quantitative estimate of drug-likeness (QED) is 0.600. The fraction of sp³-hybridized carbons (Fsp3) is 0.882. The van der Waals surface area contributed by atoms with Crippen LogP contribution in [-0.4, -0.2) is 67.0 Å². The summed E-state index contributed by atoms with van der Waals surface area (Å²) >= 11 is 0. The Hall–Kier alpha value is -0.850. The maximum atomic E-state index is 12.2. The topological polar surface area (TPSA) is 75.9 Å². The third-order valence-electron chi connectivity index (χ3n) is 4.39. The molecular formula is C17H34ClN3O3. The Morgan fingerprint density at radius 2 is 1.75 bits per heavy atom. The number of carbonyl (C=O) groups excluding carboxylic acids is 2. The van der Waals surface area contributed by atoms with Gasteiger partial charge in [0.25, 0.3) is 0 Å². The number of hydrogen-bond donors (Lipinski definition) is 1. The van der Waals surface area contributed by atoms with Crippen molar-refractivity contribution in [3.8, 4) is 0 Å². The average molecular weight is 364 g/mol. The third kappa shape index (κ3) is 8.31. The summed E-state index contributed by atoms with van der Waals surface area (Å²) in [7, 11) is 0. The van der Waals surface area contributed by atoms with Crippen LogP contribution in [0.2, 0.25) is 0 Å². The van der Waals surface area contributed by atoms with Gasteiger partial charge in [0.2, 0.25) is 11.8 Å². The van der Waals surface area contributed by atoms with Crippen LogP contribution in [0.25, 0.3) is 0 Å². The van der Waals surface area contributed by atoms with Crippen molar-refractivity contribution in [1.29, 1.82) is 0 Å². The molecule has 7 heteroatoms. The molecular weight excluding hydrogens is 330 g/mol. The van der Waals surface area contributed by atoms with E-state index in [0.29, 0.717) is 32.4 Å². The number of nitrogens with two attached hydrogens (primary N) is 1. The van der Waals surface area contributed by atoms with Gasteiger partial charge in [-0.05, 0) is 46.1 Å². The molecule has 6 nitrogen and oxygen atoms in total. The number of halogens is 1. The molecule has 0 atom stereocenters. The van der Waals surface area contributed by atoms with E-state index in [9.17, 15) is 9.59 Å². The molecule has 1 aliphatic rings. The van der Waals surface area contributed by atoms with Gasteiger partial charge in [-0.25, -0.2) is 0 Å². The SMILES string of the molecule is CCN(CC)C(=O)CCCC(=O)N1CCC(OCCCN)CC1.Cl. The van der Waals surface area contributed by atoms with Gasteiger partial charge in [0.05, 0.1) is 6.10 Å². The van der Waals surface area contributed by atoms with Crippen molar-refractivity contribution in [3.63, 3.8) is 0 Å². The number of carbonyl (C=O) groups is 2. The van der Waals surface area contributed by atoms with Crippen LogP contribution < -0.4 is 5.73 Å². The van der Waals surface area contributed by atoms with E-state index in [1.54, 1.807) is 0 Å². The Bertz CT molecular complexity index is 357. The van der Waals surface area contributed by atoms with E-state index in [1.165, 1.54) is 0 Å². The summed E-state index contributed by atoms with van der Waals surface area (Å²) in [5.41, 5.74) is 5.45. The van der Waals surface area contributed by atoms with E-state index in [-0.39, 0.29) is 30.3 Å². The molecule has 1 heterocycles. The van der Waals surface area contributed by atoms with Crippen molar-refractivity contribution in [1.82, 2.24) is 9.80 Å². The fourth-order valence-corrected chi connectivity index (χ4v) is 2.89. The minimum Gasteiger partial charge on any atom is -0.378 e. The monoisotopic (exact) mass is 363 g/mol. The van der Waals surface area contributed by atoms with E-state index in [4.69, 9.17) is 10.5 Å². The van der Waals surface area contributed by atoms with Gasteiger partial charge in [0.15, 0.2) is 0 Å². The summed E-state index contributed by atoms with van der Waals surface area (Å²) in [5, 5.41) is 0. The van der Waals surface area contributed by atoms with Crippen LogP contribution >= 0.6 is 12.4 Å². The number of hydrogen-bond acceptors (Lipinski definition) is 4. The molecule has 1 aliphatic heterocycles. The van der Waals surface area contributed by atoms with E-state index < -0.39 is 0 Å². The minimum absolute atomic E-state index is 0. The van der Waals surface area contributed by atoms with Crippen molar-refractivity contribution >= 4 is 24.2 Å². The largest absolute Gasteiger partial charge is 0.378 e. The van der Waals surface area contributed by atoms with Crippen LogP contribution in [0.3, 0.4) is 0 Å². The summed E-state index contributed by atoms with van der Waals surface area (Å²) in [6.45, 7) is 8.32. The summed E-state index contributed by atoms with van der Waals surface area (Å²) in [4.78, 5) is 27.8. The van der Waals surface area contributed by atoms with Gasteiger partial charge in [-0.3, -0.25) is 9.59 Å². The first kappa shape index (κ1) is 23.1. The van der Waals surface area contributed by atoms with E-state index in [1.807, 2.05) is 23.6 Å². The molecule has 2 N–H and O–H groups in total. The predicted molar refractivity (Wildman–Crippen MR) is 98.3 cm³/mol. The standard InChI is InChI=1S/C17H33N3O3.ClH/c1-3-19(4-2)16(21)7-5-8-17(22)20-12-9-15(10-13-20)23-14-6-11-18;/h15H,3-14,18H2,1-2H3;1H. The molecule has 0 spiro atoms. The molecule has 0 aromatic rings. The molecule has 142 valence electrons. The molecule has 1 rings (SSSR count). The zero-order valence-corrected chi connectivity index (χ0v) is 16.0. The Labute approximate surface area is 152 Å². The van der Waals surface area contributed by atoms with Gasteiger partial charge in [-0.15, -0.1) is 12.4 Å². The van der Waals surface area contributed by atoms with Crippen molar-refractivity contribution in [2.75, 3.05) is 39.3 Å². The normalized spacial score (nSPS) is 15.0. The van der Waals surface area contributed by atoms with Crippen molar-refractivity contribution in [2.24, 2.45) is 5.73 Å². The van der Waals surface area contributed by atoms with Gasteiger partial charge >= 0.3 is 0 Å². The second-order valence-electron chi connectivity index (χ2n) is 6.01. The van der Waals surface area contributed by atoms with Gasteiger partial charge in [0.1, 0.15) is 0 Å². The van der Waals surface area contributed by atoms with Gasteiger partial charge in [-0.2, -0.15) is 0 Å². The van der Waals surface area contributed by atoms with Crippen LogP contribution in [0.1, 0.15) is 52.4 Å². The second kappa shape index (κ2) is 13.4. The van der Waals surface area contributed by atoms with Crippen LogP contribution in [0.15, 0.2) is 0 Å². The highest BCUT2D eigenvalue weighted by atomic mass is 35.5. The number of piperidine rings is 1. The number of nitrogens with zero attached hydrogens (tertiary/aromatic N) is 2. The molecule has 0 saturated carbocycles. The molecule has 1 fully saturated rings. The first-order chi connectivity index (χ1) is 11.1. The molecule has 2 amide bonds. The molecule has 0 unspecified atom stereocenters. The summed E-state index contributed by atoms with van der Waals surface area (Å²) in [5.74, 6) is 0.313. The van der Waals surface area contributed by atoms with Crippen LogP contribution in [0, 0.1) is 0 Å². The molecule has 0 aliphatic carbocycles. The number of rotatable bonds is 10. The highest BCUT2D eigenvalue weighted by Crippen LogP contribution is 2.15. The van der Waals surface area contributed by atoms with Gasteiger partial charge in [0, 0.05) is 45.6 Å². The van der Waals surface area contributed by atoms with E-state index in [0.717, 1.165) is 45.4 Å². The molecule has 0 aromatic carbocycles. The summed E-state index contributed by atoms with van der Waals surface area (Å²) in [6.07, 6.45) is 4.51. The van der Waals surface area contributed by atoms with Crippen molar-refractivity contribution < 1.29 is 14.3 Å². The number of likely N-dealkylation sites (tertiary alicyclic amines) is 1. The maximum Gasteiger partial charge on any atom is 0.222 e. The van der Waals surface area contributed by atoms with Crippen molar-refractivity contribution in [2.45, 2.75) is 58.5 Å². The summed E-state index contributed by atoms with van der Waals surface area (Å²) < 4.78 is 5.75. The highest BCUT2D eigenvalue weighted by molar-refractivity contribution is 5.85. The van der Waals surface area contributed by atoms with Crippen LogP contribution in [0.5, 0.6) is 0 Å². The first-order valence-electron chi connectivity index (χ1n) is 8.99. The van der Waals surface area contributed by atoms with E-state index >= 15 is 0 Å². The van der Waals surface area contributed by atoms with Crippen LogP contribution in [0.4, 0.5) is 0 Å². The molecule has 0 radical (unpaired) electrons. The zero-order valence-electron chi connectivity index (χ0n) is 15.2. The predicted octanol–water partition coefficient (Wildman–Crippen LogP) is 1.80. The average Bonchev–Trinajstić information content (AvgIpc) is 2.56. The Kier molecular flexibility index (Phi) is 13.0. The molecule has 0 aromatic heterocycles. The number of amides is 2. The lowest BCUT2D eigenvalue weighted by Gasteiger charge is -2.32. The van der Waals surface area contributed by atoms with E-state index in [2.05, 4.69) is 0 Å². The van der Waals surface area contributed by atoms with Gasteiger partial charge in [-0.1, -0.05) is 0 Å². The lowest BCUT2D eigenvalue weighted by molar-refractivity contribution is -0.134. The summed E-state index contributed by atoms with van der Waals surface area (Å²) in [6, 6.07) is 0. The van der Waals surface area contributed by atoms with Gasteiger partial charge < -0.3 is 20.3 Å². The minimum atomic E-state index is 0. The smallest absolute Gasteiger partial charge is 0.222 e. The fourth-order valence-electron chi connectivity index (χ4n) is 2.89. The molecule has 0 bridgehead atoms. The number of ether oxygens (including phenoxy) is 1. The Morgan fingerprint density at radius 3 is 2.29 bits per heavy atom. The van der Waals surface area contributed by atoms with Crippen LogP contribution in [-0.2, 0) is 14.3 Å². The molecule has 24 heavy (non-hydrogen) atoms. The highest BCUT2D eigenvalue weighted by Gasteiger charge is 2.23. The van der Waals surface area contributed by atoms with Crippen molar-refractivity contribution in [3.05, 3.63) is 0 Å².